The van der Waals surface area contributed by atoms with Crippen LogP contribution in [0.1, 0.15) is 36.4 Å². The van der Waals surface area contributed by atoms with E-state index in [4.69, 9.17) is 5.73 Å². The maximum Gasteiger partial charge on any atom is 0.320 e. The first-order valence-corrected chi connectivity index (χ1v) is 8.96. The molecule has 2 amide bonds. The molecular formula is C19H23N5O2. The summed E-state index contributed by atoms with van der Waals surface area (Å²) < 4.78 is 0. The van der Waals surface area contributed by atoms with Crippen LogP contribution in [0.25, 0.3) is 11.1 Å². The summed E-state index contributed by atoms with van der Waals surface area (Å²) in [5, 5.41) is 9.97. The number of urea groups is 1. The minimum atomic E-state index is -0.460. The second-order valence-electron chi connectivity index (χ2n) is 7.05. The zero-order valence-corrected chi connectivity index (χ0v) is 14.8. The van der Waals surface area contributed by atoms with Gasteiger partial charge in [0, 0.05) is 42.3 Å². The summed E-state index contributed by atoms with van der Waals surface area (Å²) in [6, 6.07) is 3.90. The van der Waals surface area contributed by atoms with E-state index in [1.165, 1.54) is 4.90 Å². The first-order valence-electron chi connectivity index (χ1n) is 8.96. The van der Waals surface area contributed by atoms with Gasteiger partial charge < -0.3 is 10.8 Å². The fraction of sp³-hybridized carbons (Fsp3) is 0.421. The fourth-order valence-electron chi connectivity index (χ4n) is 3.96. The van der Waals surface area contributed by atoms with Crippen molar-refractivity contribution < 1.29 is 9.90 Å². The molecule has 4 rings (SSSR count). The highest BCUT2D eigenvalue weighted by atomic mass is 16.3. The highest BCUT2D eigenvalue weighted by Crippen LogP contribution is 2.35. The van der Waals surface area contributed by atoms with Gasteiger partial charge in [-0.2, -0.15) is 0 Å². The van der Waals surface area contributed by atoms with Gasteiger partial charge in [-0.1, -0.05) is 0 Å². The Labute approximate surface area is 152 Å². The highest BCUT2D eigenvalue weighted by molar-refractivity contribution is 5.91. The summed E-state index contributed by atoms with van der Waals surface area (Å²) >= 11 is 0. The molecule has 0 spiro atoms. The molecule has 2 aliphatic heterocycles. The molecule has 0 aliphatic carbocycles. The molecule has 2 unspecified atom stereocenters. The number of nitrogens with zero attached hydrogens (tertiary/aromatic N) is 4. The molecule has 1 saturated heterocycles. The van der Waals surface area contributed by atoms with Gasteiger partial charge in [0.15, 0.2) is 0 Å². The van der Waals surface area contributed by atoms with Crippen molar-refractivity contribution in [1.29, 1.82) is 0 Å². The topological polar surface area (TPSA) is 95.6 Å². The van der Waals surface area contributed by atoms with E-state index < -0.39 is 12.3 Å². The standard InChI is InChI=1S/C19H23N5O2/c1-23-16(4-5-17(23)25)15-8-13(9-21-10-15)14-7-12-3-2-6-24(19(20)26)18(12)22-11-14/h7-11,16-17,25H,2-6H2,1H3,(H2,20,26). The SMILES string of the molecule is CN1C(O)CCC1c1cncc(-c2cnc3c(c2)CCCN3C(N)=O)c1. The van der Waals surface area contributed by atoms with E-state index in [1.54, 1.807) is 6.20 Å². The van der Waals surface area contributed by atoms with Crippen LogP contribution in [0, 0.1) is 0 Å². The van der Waals surface area contributed by atoms with Gasteiger partial charge in [-0.05, 0) is 56.0 Å². The first kappa shape index (κ1) is 16.9. The third-order valence-corrected chi connectivity index (χ3v) is 5.43. The third kappa shape index (κ3) is 2.93. The number of anilines is 1. The van der Waals surface area contributed by atoms with Gasteiger partial charge in [0.1, 0.15) is 12.0 Å². The van der Waals surface area contributed by atoms with Gasteiger partial charge in [0.2, 0.25) is 0 Å². The van der Waals surface area contributed by atoms with Crippen LogP contribution in [0.15, 0.2) is 30.7 Å². The van der Waals surface area contributed by atoms with E-state index in [9.17, 15) is 9.90 Å². The Balaban J connectivity index is 1.66. The van der Waals surface area contributed by atoms with E-state index >= 15 is 0 Å². The molecule has 0 bridgehead atoms. The van der Waals surface area contributed by atoms with Crippen molar-refractivity contribution in [3.8, 4) is 11.1 Å². The molecule has 0 saturated carbocycles. The summed E-state index contributed by atoms with van der Waals surface area (Å²) in [6.07, 6.45) is 8.51. The maximum atomic E-state index is 11.6. The van der Waals surface area contributed by atoms with Gasteiger partial charge in [0.05, 0.1) is 0 Å². The van der Waals surface area contributed by atoms with Gasteiger partial charge in [0.25, 0.3) is 0 Å². The minimum absolute atomic E-state index is 0.174. The fourth-order valence-corrected chi connectivity index (χ4v) is 3.96. The van der Waals surface area contributed by atoms with Crippen molar-refractivity contribution in [3.05, 3.63) is 41.9 Å². The number of aryl methyl sites for hydroxylation is 1. The van der Waals surface area contributed by atoms with Crippen molar-refractivity contribution in [2.24, 2.45) is 5.73 Å². The van der Waals surface area contributed by atoms with Gasteiger partial charge in [-0.15, -0.1) is 0 Å². The zero-order valence-electron chi connectivity index (χ0n) is 14.8. The Kier molecular flexibility index (Phi) is 4.34. The van der Waals surface area contributed by atoms with Crippen LogP contribution in [0.3, 0.4) is 0 Å². The molecule has 2 atom stereocenters. The lowest BCUT2D eigenvalue weighted by Gasteiger charge is -2.27. The lowest BCUT2D eigenvalue weighted by molar-refractivity contribution is 0.0374. The number of nitrogens with two attached hydrogens (primary N) is 1. The van der Waals surface area contributed by atoms with Crippen LogP contribution >= 0.6 is 0 Å². The van der Waals surface area contributed by atoms with Gasteiger partial charge >= 0.3 is 6.03 Å². The third-order valence-electron chi connectivity index (χ3n) is 5.43. The lowest BCUT2D eigenvalue weighted by atomic mass is 9.99. The number of aromatic nitrogens is 2. The largest absolute Gasteiger partial charge is 0.378 e. The highest BCUT2D eigenvalue weighted by Gasteiger charge is 2.30. The normalized spacial score (nSPS) is 23.1. The summed E-state index contributed by atoms with van der Waals surface area (Å²) in [7, 11) is 1.94. The number of hydrogen-bond acceptors (Lipinski definition) is 5. The van der Waals surface area contributed by atoms with Gasteiger partial charge in [-0.25, -0.2) is 9.78 Å². The maximum absolute atomic E-state index is 11.6. The van der Waals surface area contributed by atoms with Crippen LogP contribution in [-0.2, 0) is 6.42 Å². The Morgan fingerprint density at radius 2 is 2.04 bits per heavy atom. The number of hydrogen-bond donors (Lipinski definition) is 2. The number of rotatable bonds is 2. The average Bonchev–Trinajstić information content (AvgIpc) is 2.99. The molecule has 0 radical (unpaired) electrons. The summed E-state index contributed by atoms with van der Waals surface area (Å²) in [6.45, 7) is 0.613. The van der Waals surface area contributed by atoms with Crippen LogP contribution in [-0.4, -0.2) is 45.8 Å². The van der Waals surface area contributed by atoms with Crippen molar-refractivity contribution in [2.45, 2.75) is 38.0 Å². The zero-order chi connectivity index (χ0) is 18.3. The lowest BCUT2D eigenvalue weighted by Crippen LogP contribution is -2.40. The van der Waals surface area contributed by atoms with Crippen LogP contribution in [0.5, 0.6) is 0 Å². The number of aliphatic hydroxyl groups excluding tert-OH is 1. The number of carbonyl (C=O) groups is 1. The molecule has 1 fully saturated rings. The van der Waals surface area contributed by atoms with Gasteiger partial charge in [-0.3, -0.25) is 14.8 Å². The average molecular weight is 353 g/mol. The Bertz CT molecular complexity index is 840. The van der Waals surface area contributed by atoms with Crippen LogP contribution in [0.2, 0.25) is 0 Å². The molecule has 2 aromatic rings. The summed E-state index contributed by atoms with van der Waals surface area (Å²) in [5.74, 6) is 0.662. The van der Waals surface area contributed by atoms with E-state index in [1.807, 2.05) is 24.3 Å². The first-order chi connectivity index (χ1) is 12.5. The molecule has 3 N–H and O–H groups in total. The predicted octanol–water partition coefficient (Wildman–Crippen LogP) is 2.06. The molecule has 26 heavy (non-hydrogen) atoms. The van der Waals surface area contributed by atoms with Crippen molar-refractivity contribution >= 4 is 11.8 Å². The summed E-state index contributed by atoms with van der Waals surface area (Å²) in [4.78, 5) is 24.0. The quantitative estimate of drug-likeness (QED) is 0.862. The van der Waals surface area contributed by atoms with Crippen LogP contribution < -0.4 is 10.6 Å². The van der Waals surface area contributed by atoms with Crippen LogP contribution in [0.4, 0.5) is 10.6 Å². The molecule has 2 aliphatic rings. The number of aliphatic hydroxyl groups is 1. The second kappa shape index (κ2) is 6.66. The van der Waals surface area contributed by atoms with E-state index in [2.05, 4.69) is 22.1 Å². The molecular weight excluding hydrogens is 330 g/mol. The number of pyridine rings is 2. The number of likely N-dealkylation sites (tertiary alicyclic amines) is 1. The summed E-state index contributed by atoms with van der Waals surface area (Å²) in [5.41, 5.74) is 9.55. The van der Waals surface area contributed by atoms with E-state index in [0.717, 1.165) is 47.9 Å². The monoisotopic (exact) mass is 353 g/mol. The predicted molar refractivity (Wildman–Crippen MR) is 98.5 cm³/mol. The molecule has 136 valence electrons. The number of fused-ring (bicyclic) bond motifs is 1. The molecule has 4 heterocycles. The Hall–Kier alpha value is -2.51. The van der Waals surface area contributed by atoms with Crippen molar-refractivity contribution in [3.63, 3.8) is 0 Å². The smallest absolute Gasteiger partial charge is 0.320 e. The minimum Gasteiger partial charge on any atom is -0.378 e. The number of carbonyl (C=O) groups excluding carboxylic acids is 1. The van der Waals surface area contributed by atoms with E-state index in [0.29, 0.717) is 12.4 Å². The van der Waals surface area contributed by atoms with Crippen molar-refractivity contribution in [1.82, 2.24) is 14.9 Å². The number of amides is 2. The second-order valence-corrected chi connectivity index (χ2v) is 7.05. The van der Waals surface area contributed by atoms with E-state index in [-0.39, 0.29) is 6.04 Å². The molecule has 7 heteroatoms. The number of primary amides is 1. The molecule has 2 aromatic heterocycles. The Morgan fingerprint density at radius 3 is 2.77 bits per heavy atom. The van der Waals surface area contributed by atoms with Crippen molar-refractivity contribution in [2.75, 3.05) is 18.5 Å². The Morgan fingerprint density at radius 1 is 1.23 bits per heavy atom. The molecule has 7 nitrogen and oxygen atoms in total. The molecule has 0 aromatic carbocycles.